The lowest BCUT2D eigenvalue weighted by molar-refractivity contribution is -0.141. The Hall–Kier alpha value is -0.530. The van der Waals surface area contributed by atoms with Crippen LogP contribution in [-0.4, -0.2) is 12.5 Å². The van der Waals surface area contributed by atoms with Gasteiger partial charge < -0.3 is 5.32 Å². The van der Waals surface area contributed by atoms with Gasteiger partial charge in [0.15, 0.2) is 0 Å². The fourth-order valence-electron chi connectivity index (χ4n) is 2.84. The predicted octanol–water partition coefficient (Wildman–Crippen LogP) is 1.56. The van der Waals surface area contributed by atoms with Gasteiger partial charge in [-0.05, 0) is 30.6 Å². The Morgan fingerprint density at radius 3 is 2.67 bits per heavy atom. The van der Waals surface area contributed by atoms with Gasteiger partial charge in [-0.2, -0.15) is 0 Å². The summed E-state index contributed by atoms with van der Waals surface area (Å²) in [4.78, 5) is 11.1. The van der Waals surface area contributed by atoms with Crippen LogP contribution < -0.4 is 5.32 Å². The average molecular weight is 167 g/mol. The SMILES string of the molecule is CC(C)CC12CNC(=O)C(C1)C2. The van der Waals surface area contributed by atoms with Gasteiger partial charge in [-0.1, -0.05) is 13.8 Å². The van der Waals surface area contributed by atoms with Crippen molar-refractivity contribution in [3.8, 4) is 0 Å². The van der Waals surface area contributed by atoms with Gasteiger partial charge in [0, 0.05) is 12.5 Å². The first kappa shape index (κ1) is 8.09. The lowest BCUT2D eigenvalue weighted by Crippen LogP contribution is -2.58. The molecular formula is C10H17NO. The van der Waals surface area contributed by atoms with E-state index in [-0.39, 0.29) is 0 Å². The normalized spacial score (nSPS) is 39.2. The highest BCUT2D eigenvalue weighted by Gasteiger charge is 2.51. The average Bonchev–Trinajstić information content (AvgIpc) is 1.90. The largest absolute Gasteiger partial charge is 0.355 e. The summed E-state index contributed by atoms with van der Waals surface area (Å²) in [6.45, 7) is 5.46. The van der Waals surface area contributed by atoms with Gasteiger partial charge in [-0.3, -0.25) is 4.79 Å². The van der Waals surface area contributed by atoms with Crippen molar-refractivity contribution in [2.75, 3.05) is 6.54 Å². The summed E-state index contributed by atoms with van der Waals surface area (Å²) in [5.41, 5.74) is 0.493. The fraction of sp³-hybridized carbons (Fsp3) is 0.900. The number of piperidine rings is 2. The number of carbonyl (C=O) groups excluding carboxylic acids is 1. The molecule has 0 unspecified atom stereocenters. The summed E-state index contributed by atoms with van der Waals surface area (Å²) in [5.74, 6) is 1.42. The van der Waals surface area contributed by atoms with E-state index in [1.165, 1.54) is 6.42 Å². The van der Waals surface area contributed by atoms with E-state index in [1.54, 1.807) is 0 Å². The summed E-state index contributed by atoms with van der Waals surface area (Å²) >= 11 is 0. The van der Waals surface area contributed by atoms with E-state index < -0.39 is 0 Å². The van der Waals surface area contributed by atoms with Gasteiger partial charge in [-0.15, -0.1) is 0 Å². The maximum absolute atomic E-state index is 11.1. The number of nitrogens with one attached hydrogen (secondary N) is 1. The minimum absolute atomic E-state index is 0.292. The van der Waals surface area contributed by atoms with Gasteiger partial charge in [0.05, 0.1) is 0 Å². The third-order valence-corrected chi connectivity index (χ3v) is 3.21. The highest BCUT2D eigenvalue weighted by atomic mass is 16.2. The summed E-state index contributed by atoms with van der Waals surface area (Å²) in [5, 5.41) is 2.99. The standard InChI is InChI=1S/C10H17NO/c1-7(2)3-10-4-8(5-10)9(12)11-6-10/h7-8H,3-6H2,1-2H3,(H,11,12). The zero-order valence-corrected chi connectivity index (χ0v) is 7.89. The maximum Gasteiger partial charge on any atom is 0.223 e. The molecule has 0 atom stereocenters. The van der Waals surface area contributed by atoms with Crippen LogP contribution in [0.5, 0.6) is 0 Å². The van der Waals surface area contributed by atoms with Crippen LogP contribution in [0.25, 0.3) is 0 Å². The van der Waals surface area contributed by atoms with Crippen molar-refractivity contribution in [3.63, 3.8) is 0 Å². The number of hydrogen-bond acceptors (Lipinski definition) is 1. The summed E-state index contributed by atoms with van der Waals surface area (Å²) in [6.07, 6.45) is 3.58. The maximum atomic E-state index is 11.1. The third kappa shape index (κ3) is 1.13. The monoisotopic (exact) mass is 167 g/mol. The van der Waals surface area contributed by atoms with Crippen molar-refractivity contribution in [2.45, 2.75) is 33.1 Å². The molecule has 2 aliphatic heterocycles. The minimum Gasteiger partial charge on any atom is -0.355 e. The molecule has 1 aliphatic carbocycles. The molecule has 2 bridgehead atoms. The molecule has 0 spiro atoms. The zero-order valence-electron chi connectivity index (χ0n) is 7.89. The Bertz CT molecular complexity index is 198. The summed E-state index contributed by atoms with van der Waals surface area (Å²) in [7, 11) is 0. The highest BCUT2D eigenvalue weighted by molar-refractivity contribution is 5.81. The van der Waals surface area contributed by atoms with Gasteiger partial charge in [0.1, 0.15) is 0 Å². The van der Waals surface area contributed by atoms with Gasteiger partial charge in [0.2, 0.25) is 5.91 Å². The van der Waals surface area contributed by atoms with E-state index in [2.05, 4.69) is 19.2 Å². The molecule has 0 aromatic rings. The molecule has 1 saturated carbocycles. The molecule has 0 aromatic carbocycles. The van der Waals surface area contributed by atoms with Crippen molar-refractivity contribution in [1.82, 2.24) is 5.32 Å². The second kappa shape index (κ2) is 2.48. The molecule has 0 aromatic heterocycles. The van der Waals surface area contributed by atoms with Crippen molar-refractivity contribution in [3.05, 3.63) is 0 Å². The Morgan fingerprint density at radius 2 is 2.25 bits per heavy atom. The van der Waals surface area contributed by atoms with E-state index >= 15 is 0 Å². The van der Waals surface area contributed by atoms with Gasteiger partial charge in [0.25, 0.3) is 0 Å². The smallest absolute Gasteiger partial charge is 0.223 e. The first-order chi connectivity index (χ1) is 5.61. The number of amides is 1. The van der Waals surface area contributed by atoms with Gasteiger partial charge in [-0.25, -0.2) is 0 Å². The number of carbonyl (C=O) groups is 1. The summed E-state index contributed by atoms with van der Waals surface area (Å²) in [6, 6.07) is 0. The molecule has 12 heavy (non-hydrogen) atoms. The molecule has 2 heterocycles. The molecule has 2 heteroatoms. The molecule has 2 nitrogen and oxygen atoms in total. The van der Waals surface area contributed by atoms with Gasteiger partial charge >= 0.3 is 0 Å². The molecule has 1 N–H and O–H groups in total. The van der Waals surface area contributed by atoms with Crippen LogP contribution in [0.2, 0.25) is 0 Å². The fourth-order valence-corrected chi connectivity index (χ4v) is 2.84. The molecule has 0 radical (unpaired) electrons. The Labute approximate surface area is 73.7 Å². The van der Waals surface area contributed by atoms with Crippen LogP contribution in [0.4, 0.5) is 0 Å². The van der Waals surface area contributed by atoms with E-state index in [0.717, 1.165) is 25.3 Å². The Morgan fingerprint density at radius 1 is 1.58 bits per heavy atom. The van der Waals surface area contributed by atoms with Crippen LogP contribution >= 0.6 is 0 Å². The van der Waals surface area contributed by atoms with Crippen LogP contribution in [0.15, 0.2) is 0 Å². The predicted molar refractivity (Wildman–Crippen MR) is 47.6 cm³/mol. The molecule has 2 saturated heterocycles. The lowest BCUT2D eigenvalue weighted by atomic mass is 9.56. The molecular weight excluding hydrogens is 150 g/mol. The highest BCUT2D eigenvalue weighted by Crippen LogP contribution is 2.51. The van der Waals surface area contributed by atoms with Crippen LogP contribution in [0, 0.1) is 17.3 Å². The number of rotatable bonds is 2. The first-order valence-electron chi connectivity index (χ1n) is 4.89. The molecule has 3 fully saturated rings. The van der Waals surface area contributed by atoms with Crippen LogP contribution in [-0.2, 0) is 4.79 Å². The van der Waals surface area contributed by atoms with E-state index in [9.17, 15) is 4.79 Å². The van der Waals surface area contributed by atoms with E-state index in [0.29, 0.717) is 17.2 Å². The Kier molecular flexibility index (Phi) is 1.67. The number of fused-ring (bicyclic) bond motifs is 2. The van der Waals surface area contributed by atoms with Crippen molar-refractivity contribution in [2.24, 2.45) is 17.3 Å². The second-order valence-electron chi connectivity index (χ2n) is 4.92. The third-order valence-electron chi connectivity index (χ3n) is 3.21. The van der Waals surface area contributed by atoms with Crippen molar-refractivity contribution in [1.29, 1.82) is 0 Å². The minimum atomic E-state index is 0.292. The molecule has 1 amide bonds. The molecule has 68 valence electrons. The van der Waals surface area contributed by atoms with E-state index in [1.807, 2.05) is 0 Å². The van der Waals surface area contributed by atoms with Crippen LogP contribution in [0.3, 0.4) is 0 Å². The van der Waals surface area contributed by atoms with Crippen molar-refractivity contribution >= 4 is 5.91 Å². The summed E-state index contributed by atoms with van der Waals surface area (Å²) < 4.78 is 0. The van der Waals surface area contributed by atoms with Crippen molar-refractivity contribution < 1.29 is 4.79 Å². The topological polar surface area (TPSA) is 29.1 Å². The first-order valence-corrected chi connectivity index (χ1v) is 4.89. The van der Waals surface area contributed by atoms with Crippen LogP contribution in [0.1, 0.15) is 33.1 Å². The number of hydrogen-bond donors (Lipinski definition) is 1. The second-order valence-corrected chi connectivity index (χ2v) is 4.92. The lowest BCUT2D eigenvalue weighted by Gasteiger charge is -2.52. The molecule has 3 aliphatic rings. The van der Waals surface area contributed by atoms with E-state index in [4.69, 9.17) is 0 Å². The Balaban J connectivity index is 1.96. The quantitative estimate of drug-likeness (QED) is 0.664. The zero-order chi connectivity index (χ0) is 8.77. The molecule has 3 rings (SSSR count).